The predicted molar refractivity (Wildman–Crippen MR) is 174 cm³/mol. The Labute approximate surface area is 275 Å². The number of carbonyl (C=O) groups is 3. The van der Waals surface area contributed by atoms with Crippen LogP contribution in [0, 0.1) is 11.1 Å². The van der Waals surface area contributed by atoms with Gasteiger partial charge in [-0.25, -0.2) is 0 Å². The Hall–Kier alpha value is -4.48. The van der Waals surface area contributed by atoms with Crippen LogP contribution in [-0.4, -0.2) is 70.4 Å². The number of carbonyl (C=O) groups excluding carboxylic acids is 3. The molecule has 47 heavy (non-hydrogen) atoms. The number of hydrogen-bond acceptors (Lipinski definition) is 7. The number of piperazine rings is 1. The molecule has 2 saturated heterocycles. The van der Waals surface area contributed by atoms with Crippen molar-refractivity contribution < 1.29 is 29.0 Å². The van der Waals surface area contributed by atoms with E-state index in [1.807, 2.05) is 24.3 Å². The number of ether oxygens (including phenoxy) is 1. The Morgan fingerprint density at radius 1 is 1.00 bits per heavy atom. The highest BCUT2D eigenvalue weighted by atomic mass is 16.5. The van der Waals surface area contributed by atoms with E-state index >= 15 is 0 Å². The number of likely N-dealkylation sites (tertiary alicyclic amines) is 1. The van der Waals surface area contributed by atoms with Crippen LogP contribution in [0.5, 0.6) is 11.5 Å². The van der Waals surface area contributed by atoms with Crippen molar-refractivity contribution in [2.24, 2.45) is 5.92 Å². The number of benzene rings is 2. The van der Waals surface area contributed by atoms with Gasteiger partial charge in [-0.1, -0.05) is 31.4 Å². The molecule has 1 aromatic heterocycles. The molecule has 3 aliphatic rings. The molecule has 1 spiro atoms. The number of piperidine rings is 1. The molecule has 2 atom stereocenters. The fraction of sp³-hybridized carbons (Fsp3) is 0.444. The number of aliphatic hydroxyl groups excluding tert-OH is 1. The third-order valence-electron chi connectivity index (χ3n) is 10.0. The third kappa shape index (κ3) is 6.96. The SMILES string of the molecule is CNC(=O)c1ccc(Oc2ccc(CN3CCC4(CC3)C(=O)N[C@H]([C@H](O)C3CCCCC3)C(=O)N4Cc3cccc[n+]3[O-])cc2)cc1. The Morgan fingerprint density at radius 2 is 1.66 bits per heavy atom. The molecule has 3 N–H and O–H groups in total. The van der Waals surface area contributed by atoms with E-state index < -0.39 is 17.7 Å². The quantitative estimate of drug-likeness (QED) is 0.241. The highest BCUT2D eigenvalue weighted by Crippen LogP contribution is 2.37. The van der Waals surface area contributed by atoms with E-state index in [2.05, 4.69) is 15.5 Å². The zero-order chi connectivity index (χ0) is 33.0. The lowest BCUT2D eigenvalue weighted by molar-refractivity contribution is -0.615. The predicted octanol–water partition coefficient (Wildman–Crippen LogP) is 3.27. The van der Waals surface area contributed by atoms with Crippen molar-refractivity contribution in [3.63, 3.8) is 0 Å². The molecule has 6 rings (SSSR count). The van der Waals surface area contributed by atoms with E-state index in [1.165, 1.54) is 6.20 Å². The lowest BCUT2D eigenvalue weighted by Crippen LogP contribution is -2.74. The normalized spacial score (nSPS) is 20.9. The average Bonchev–Trinajstić information content (AvgIpc) is 3.11. The van der Waals surface area contributed by atoms with Crippen molar-refractivity contribution in [1.29, 1.82) is 0 Å². The Kier molecular flexibility index (Phi) is 9.74. The van der Waals surface area contributed by atoms with Crippen molar-refractivity contribution in [3.8, 4) is 11.5 Å². The zero-order valence-electron chi connectivity index (χ0n) is 26.8. The molecule has 0 unspecified atom stereocenters. The molecule has 2 aliphatic heterocycles. The molecule has 1 aliphatic carbocycles. The van der Waals surface area contributed by atoms with Gasteiger partial charge in [0.15, 0.2) is 6.20 Å². The van der Waals surface area contributed by atoms with Crippen molar-refractivity contribution in [2.75, 3.05) is 20.1 Å². The molecule has 11 heteroatoms. The molecular formula is C36H43N5O6. The lowest BCUT2D eigenvalue weighted by Gasteiger charge is -2.52. The Balaban J connectivity index is 1.12. The minimum atomic E-state index is -1.11. The van der Waals surface area contributed by atoms with Crippen LogP contribution >= 0.6 is 0 Å². The van der Waals surface area contributed by atoms with Crippen LogP contribution in [0.3, 0.4) is 0 Å². The second-order valence-corrected chi connectivity index (χ2v) is 12.9. The number of hydrogen-bond donors (Lipinski definition) is 3. The molecule has 3 fully saturated rings. The van der Waals surface area contributed by atoms with E-state index in [-0.39, 0.29) is 30.2 Å². The van der Waals surface area contributed by atoms with E-state index in [9.17, 15) is 24.7 Å². The van der Waals surface area contributed by atoms with E-state index in [1.54, 1.807) is 54.4 Å². The van der Waals surface area contributed by atoms with Gasteiger partial charge in [0.25, 0.3) is 5.91 Å². The van der Waals surface area contributed by atoms with Gasteiger partial charge in [-0.05, 0) is 79.6 Å². The topological polar surface area (TPSA) is 138 Å². The van der Waals surface area contributed by atoms with Crippen LogP contribution < -0.4 is 20.1 Å². The molecule has 11 nitrogen and oxygen atoms in total. The van der Waals surface area contributed by atoms with Gasteiger partial charge < -0.3 is 30.6 Å². The minimum Gasteiger partial charge on any atom is -0.618 e. The number of nitrogens with one attached hydrogen (secondary N) is 2. The molecule has 2 aromatic carbocycles. The summed E-state index contributed by atoms with van der Waals surface area (Å²) in [5.74, 6) is 0.533. The smallest absolute Gasteiger partial charge is 0.251 e. The highest BCUT2D eigenvalue weighted by molar-refractivity contribution is 6.00. The monoisotopic (exact) mass is 641 g/mol. The number of pyridine rings is 1. The molecule has 0 radical (unpaired) electrons. The van der Waals surface area contributed by atoms with Crippen molar-refractivity contribution in [3.05, 3.63) is 95.0 Å². The fourth-order valence-corrected chi connectivity index (χ4v) is 7.25. The number of rotatable bonds is 9. The first-order valence-electron chi connectivity index (χ1n) is 16.6. The molecule has 0 bridgehead atoms. The summed E-state index contributed by atoms with van der Waals surface area (Å²) in [6.07, 6.45) is 6.05. The highest BCUT2D eigenvalue weighted by Gasteiger charge is 2.56. The van der Waals surface area contributed by atoms with Gasteiger partial charge in [0, 0.05) is 44.4 Å². The Bertz CT molecular complexity index is 1570. The number of aromatic nitrogens is 1. The van der Waals surface area contributed by atoms with Crippen molar-refractivity contribution in [2.45, 2.75) is 75.7 Å². The first-order chi connectivity index (χ1) is 22.8. The van der Waals surface area contributed by atoms with Crippen LogP contribution in [0.4, 0.5) is 0 Å². The zero-order valence-corrected chi connectivity index (χ0v) is 26.8. The summed E-state index contributed by atoms with van der Waals surface area (Å²) in [5.41, 5.74) is 0.914. The van der Waals surface area contributed by atoms with E-state index in [0.29, 0.717) is 55.2 Å². The van der Waals surface area contributed by atoms with Crippen LogP contribution in [-0.2, 0) is 22.7 Å². The van der Waals surface area contributed by atoms with Gasteiger partial charge in [0.2, 0.25) is 17.5 Å². The first kappa shape index (κ1) is 32.5. The molecule has 3 amide bonds. The van der Waals surface area contributed by atoms with Crippen molar-refractivity contribution >= 4 is 17.7 Å². The van der Waals surface area contributed by atoms with Gasteiger partial charge in [0.1, 0.15) is 29.6 Å². The second kappa shape index (κ2) is 14.1. The summed E-state index contributed by atoms with van der Waals surface area (Å²) >= 11 is 0. The van der Waals surface area contributed by atoms with E-state index in [4.69, 9.17) is 4.74 Å². The summed E-state index contributed by atoms with van der Waals surface area (Å²) in [6.45, 7) is 1.82. The van der Waals surface area contributed by atoms with E-state index in [0.717, 1.165) is 42.4 Å². The maximum absolute atomic E-state index is 14.1. The maximum atomic E-state index is 14.1. The van der Waals surface area contributed by atoms with Gasteiger partial charge in [-0.2, -0.15) is 4.73 Å². The lowest BCUT2D eigenvalue weighted by atomic mass is 9.78. The standard InChI is InChI=1S/C36H43N5O6/c1-37-33(43)27-12-16-30(17-13-27)47-29-14-10-25(11-15-29)23-39-21-18-36(19-22-39)35(45)38-31(32(42)26-7-3-2-4-8-26)34(44)40(36)24-28-9-5-6-20-41(28)46/h5-6,9-17,20,26,31-32,42H,2-4,7-8,18-19,21-24H2,1H3,(H,37,43)(H,38,45)/t31-,32-/m1/s1. The fourth-order valence-electron chi connectivity index (χ4n) is 7.25. The average molecular weight is 642 g/mol. The molecular weight excluding hydrogens is 598 g/mol. The summed E-state index contributed by atoms with van der Waals surface area (Å²) < 4.78 is 6.69. The van der Waals surface area contributed by atoms with Crippen LogP contribution in [0.25, 0.3) is 0 Å². The molecule has 1 saturated carbocycles. The number of aliphatic hydroxyl groups is 1. The van der Waals surface area contributed by atoms with Crippen LogP contribution in [0.1, 0.15) is 66.6 Å². The Morgan fingerprint density at radius 3 is 2.30 bits per heavy atom. The minimum absolute atomic E-state index is 0.000466. The van der Waals surface area contributed by atoms with Crippen LogP contribution in [0.2, 0.25) is 0 Å². The second-order valence-electron chi connectivity index (χ2n) is 12.9. The number of amides is 3. The molecule has 248 valence electrons. The maximum Gasteiger partial charge on any atom is 0.251 e. The van der Waals surface area contributed by atoms with Crippen molar-refractivity contribution in [1.82, 2.24) is 20.4 Å². The summed E-state index contributed by atoms with van der Waals surface area (Å²) in [4.78, 5) is 43.7. The molecule has 3 heterocycles. The van der Waals surface area contributed by atoms with Crippen LogP contribution in [0.15, 0.2) is 72.9 Å². The number of nitrogens with zero attached hydrogens (tertiary/aromatic N) is 3. The van der Waals surface area contributed by atoms with Gasteiger partial charge >= 0.3 is 0 Å². The summed E-state index contributed by atoms with van der Waals surface area (Å²) in [5, 5.41) is 29.5. The van der Waals surface area contributed by atoms with Gasteiger partial charge in [0.05, 0.1) is 6.10 Å². The third-order valence-corrected chi connectivity index (χ3v) is 10.0. The van der Waals surface area contributed by atoms with Gasteiger partial charge in [-0.15, -0.1) is 0 Å². The summed E-state index contributed by atoms with van der Waals surface area (Å²) in [6, 6.07) is 18.8. The summed E-state index contributed by atoms with van der Waals surface area (Å²) in [7, 11) is 1.59. The molecule has 3 aromatic rings. The van der Waals surface area contributed by atoms with Gasteiger partial charge in [-0.3, -0.25) is 19.3 Å². The largest absolute Gasteiger partial charge is 0.618 e. The first-order valence-corrected chi connectivity index (χ1v) is 16.6.